The number of aromatic nitrogens is 3. The molecule has 0 unspecified atom stereocenters. The number of fused-ring (bicyclic) bond motifs is 1. The summed E-state index contributed by atoms with van der Waals surface area (Å²) in [5.41, 5.74) is 3.32. The van der Waals surface area contributed by atoms with E-state index in [4.69, 9.17) is 4.98 Å². The van der Waals surface area contributed by atoms with E-state index in [0.29, 0.717) is 0 Å². The van der Waals surface area contributed by atoms with E-state index in [1.54, 1.807) is 0 Å². The van der Waals surface area contributed by atoms with Crippen molar-refractivity contribution in [2.75, 3.05) is 55.0 Å². The predicted octanol–water partition coefficient (Wildman–Crippen LogP) is 2.66. The minimum Gasteiger partial charge on any atom is -0.368 e. The second kappa shape index (κ2) is 6.27. The van der Waals surface area contributed by atoms with Gasteiger partial charge in [-0.05, 0) is 25.1 Å². The lowest BCUT2D eigenvalue weighted by Gasteiger charge is -2.37. The number of benzene rings is 1. The summed E-state index contributed by atoms with van der Waals surface area (Å²) in [7, 11) is 3.96. The highest BCUT2D eigenvalue weighted by atomic mass is 15.3. The van der Waals surface area contributed by atoms with Crippen LogP contribution in [0, 0.1) is 6.92 Å². The van der Waals surface area contributed by atoms with Gasteiger partial charge in [0.1, 0.15) is 11.5 Å². The van der Waals surface area contributed by atoms with Gasteiger partial charge >= 0.3 is 0 Å². The zero-order valence-electron chi connectivity index (χ0n) is 15.0. The highest BCUT2D eigenvalue weighted by molar-refractivity contribution is 5.89. The van der Waals surface area contributed by atoms with Gasteiger partial charge in [0, 0.05) is 51.7 Å². The fourth-order valence-electron chi connectivity index (χ4n) is 3.37. The number of nitrogens with one attached hydrogen (secondary N) is 1. The van der Waals surface area contributed by atoms with Crippen LogP contribution in [-0.2, 0) is 0 Å². The molecule has 1 aliphatic heterocycles. The van der Waals surface area contributed by atoms with Crippen LogP contribution in [0.25, 0.3) is 11.0 Å². The molecule has 1 aromatic carbocycles. The highest BCUT2D eigenvalue weighted by Crippen LogP contribution is 2.28. The van der Waals surface area contributed by atoms with E-state index in [9.17, 15) is 0 Å². The number of nitrogens with zero attached hydrogens (tertiary/aromatic N) is 5. The molecule has 1 N–H and O–H groups in total. The van der Waals surface area contributed by atoms with E-state index in [0.717, 1.165) is 54.7 Å². The zero-order chi connectivity index (χ0) is 17.4. The molecule has 4 rings (SSSR count). The maximum absolute atomic E-state index is 4.84. The first-order valence-electron chi connectivity index (χ1n) is 8.71. The topological polar surface area (TPSA) is 51.3 Å². The third-order valence-corrected chi connectivity index (χ3v) is 4.69. The number of hydrogen-bond donors (Lipinski definition) is 1. The van der Waals surface area contributed by atoms with Gasteiger partial charge in [-0.1, -0.05) is 18.2 Å². The van der Waals surface area contributed by atoms with Gasteiger partial charge in [0.05, 0.1) is 5.39 Å². The summed E-state index contributed by atoms with van der Waals surface area (Å²) < 4.78 is 0. The SMILES string of the molecule is Cc1cc2c(N3CCN(c4ccccc4)CC3)nc(N(C)C)nc2[nH]1. The number of piperazine rings is 1. The van der Waals surface area contributed by atoms with E-state index < -0.39 is 0 Å². The normalized spacial score (nSPS) is 15.0. The molecule has 6 heteroatoms. The Hall–Kier alpha value is -2.76. The van der Waals surface area contributed by atoms with Crippen molar-refractivity contribution in [3.63, 3.8) is 0 Å². The summed E-state index contributed by atoms with van der Waals surface area (Å²) in [6.45, 7) is 5.97. The molecular weight excluding hydrogens is 312 g/mol. The molecule has 3 heterocycles. The van der Waals surface area contributed by atoms with Crippen molar-refractivity contribution in [1.29, 1.82) is 0 Å². The van der Waals surface area contributed by atoms with Crippen LogP contribution in [-0.4, -0.2) is 55.2 Å². The smallest absolute Gasteiger partial charge is 0.228 e. The molecule has 1 saturated heterocycles. The highest BCUT2D eigenvalue weighted by Gasteiger charge is 2.22. The molecule has 1 aliphatic rings. The Morgan fingerprint density at radius 3 is 2.32 bits per heavy atom. The number of para-hydroxylation sites is 1. The number of H-pyrrole nitrogens is 1. The second-order valence-corrected chi connectivity index (χ2v) is 6.77. The third kappa shape index (κ3) is 2.99. The molecule has 0 atom stereocenters. The summed E-state index contributed by atoms with van der Waals surface area (Å²) in [5, 5.41) is 1.11. The minimum atomic E-state index is 0.745. The van der Waals surface area contributed by atoms with E-state index in [2.05, 4.69) is 63.1 Å². The molecule has 0 radical (unpaired) electrons. The number of hydrogen-bond acceptors (Lipinski definition) is 5. The molecule has 25 heavy (non-hydrogen) atoms. The first-order valence-corrected chi connectivity index (χ1v) is 8.71. The average molecular weight is 336 g/mol. The average Bonchev–Trinajstić information content (AvgIpc) is 3.02. The van der Waals surface area contributed by atoms with Crippen molar-refractivity contribution >= 4 is 28.5 Å². The molecule has 0 spiro atoms. The lowest BCUT2D eigenvalue weighted by Crippen LogP contribution is -2.47. The van der Waals surface area contributed by atoms with E-state index >= 15 is 0 Å². The van der Waals surface area contributed by atoms with Crippen molar-refractivity contribution < 1.29 is 0 Å². The van der Waals surface area contributed by atoms with Gasteiger partial charge in [-0.2, -0.15) is 9.97 Å². The lowest BCUT2D eigenvalue weighted by atomic mass is 10.2. The van der Waals surface area contributed by atoms with Crippen molar-refractivity contribution in [2.24, 2.45) is 0 Å². The fraction of sp³-hybridized carbons (Fsp3) is 0.368. The predicted molar refractivity (Wildman–Crippen MR) is 104 cm³/mol. The molecule has 2 aromatic heterocycles. The number of aryl methyl sites for hydroxylation is 1. The molecule has 3 aromatic rings. The van der Waals surface area contributed by atoms with Crippen LogP contribution in [0.1, 0.15) is 5.69 Å². The standard InChI is InChI=1S/C19H24N6/c1-14-13-16-17(20-14)21-19(23(2)3)22-18(16)25-11-9-24(10-12-25)15-7-5-4-6-8-15/h4-8,13H,9-12H2,1-3H3,(H,20,21,22). The van der Waals surface area contributed by atoms with E-state index in [1.807, 2.05) is 19.0 Å². The van der Waals surface area contributed by atoms with Gasteiger partial charge < -0.3 is 19.7 Å². The summed E-state index contributed by atoms with van der Waals surface area (Å²) in [4.78, 5) is 19.6. The van der Waals surface area contributed by atoms with Crippen molar-refractivity contribution in [1.82, 2.24) is 15.0 Å². The van der Waals surface area contributed by atoms with Crippen molar-refractivity contribution in [3.05, 3.63) is 42.1 Å². The Labute approximate surface area is 148 Å². The summed E-state index contributed by atoms with van der Waals surface area (Å²) in [6, 6.07) is 12.8. The second-order valence-electron chi connectivity index (χ2n) is 6.77. The fourth-order valence-corrected chi connectivity index (χ4v) is 3.37. The van der Waals surface area contributed by atoms with Crippen molar-refractivity contribution in [3.8, 4) is 0 Å². The maximum atomic E-state index is 4.84. The van der Waals surface area contributed by atoms with Gasteiger partial charge in [-0.25, -0.2) is 0 Å². The maximum Gasteiger partial charge on any atom is 0.228 e. The van der Waals surface area contributed by atoms with Gasteiger partial charge in [0.25, 0.3) is 0 Å². The molecule has 0 bridgehead atoms. The molecule has 1 fully saturated rings. The van der Waals surface area contributed by atoms with Crippen LogP contribution in [0.5, 0.6) is 0 Å². The van der Waals surface area contributed by atoms with E-state index in [1.165, 1.54) is 5.69 Å². The van der Waals surface area contributed by atoms with Crippen LogP contribution < -0.4 is 14.7 Å². The van der Waals surface area contributed by atoms with Crippen LogP contribution in [0.2, 0.25) is 0 Å². The van der Waals surface area contributed by atoms with Crippen LogP contribution in [0.15, 0.2) is 36.4 Å². The summed E-state index contributed by atoms with van der Waals surface area (Å²) in [6.07, 6.45) is 0. The molecular formula is C19H24N6. The monoisotopic (exact) mass is 336 g/mol. The van der Waals surface area contributed by atoms with E-state index in [-0.39, 0.29) is 0 Å². The molecule has 0 amide bonds. The number of aromatic amines is 1. The molecule has 0 saturated carbocycles. The number of rotatable bonds is 3. The van der Waals surface area contributed by atoms with Gasteiger partial charge in [0.15, 0.2) is 0 Å². The van der Waals surface area contributed by atoms with Gasteiger partial charge in [-0.3, -0.25) is 0 Å². The first-order chi connectivity index (χ1) is 12.1. The first kappa shape index (κ1) is 15.7. The molecule has 6 nitrogen and oxygen atoms in total. The Balaban J connectivity index is 1.62. The number of anilines is 3. The van der Waals surface area contributed by atoms with Crippen LogP contribution >= 0.6 is 0 Å². The quantitative estimate of drug-likeness (QED) is 0.797. The summed E-state index contributed by atoms with van der Waals surface area (Å²) >= 11 is 0. The Morgan fingerprint density at radius 2 is 1.64 bits per heavy atom. The Morgan fingerprint density at radius 1 is 0.960 bits per heavy atom. The molecule has 0 aliphatic carbocycles. The zero-order valence-corrected chi connectivity index (χ0v) is 15.0. The third-order valence-electron chi connectivity index (χ3n) is 4.69. The largest absolute Gasteiger partial charge is 0.368 e. The Kier molecular flexibility index (Phi) is 3.95. The summed E-state index contributed by atoms with van der Waals surface area (Å²) in [5.74, 6) is 1.78. The minimum absolute atomic E-state index is 0.745. The van der Waals surface area contributed by atoms with Gasteiger partial charge in [0.2, 0.25) is 5.95 Å². The van der Waals surface area contributed by atoms with Crippen molar-refractivity contribution in [2.45, 2.75) is 6.92 Å². The lowest BCUT2D eigenvalue weighted by molar-refractivity contribution is 0.649. The van der Waals surface area contributed by atoms with Crippen LogP contribution in [0.3, 0.4) is 0 Å². The van der Waals surface area contributed by atoms with Crippen LogP contribution in [0.4, 0.5) is 17.5 Å². The molecule has 130 valence electrons. The Bertz CT molecular complexity index is 862. The van der Waals surface area contributed by atoms with Gasteiger partial charge in [-0.15, -0.1) is 0 Å².